The number of nitrogens with one attached hydrogen (secondary N) is 1. The summed E-state index contributed by atoms with van der Waals surface area (Å²) in [5, 5.41) is 0. The zero-order chi connectivity index (χ0) is 22.3. The maximum Gasteiger partial charge on any atom is 0.416 e. The molecule has 30 heavy (non-hydrogen) atoms. The van der Waals surface area contributed by atoms with E-state index in [1.165, 1.54) is 24.9 Å². The van der Waals surface area contributed by atoms with E-state index in [1.807, 2.05) is 0 Å². The second kappa shape index (κ2) is 7.91. The lowest BCUT2D eigenvalue weighted by molar-refractivity contribution is -0.137. The van der Waals surface area contributed by atoms with Gasteiger partial charge < -0.3 is 9.47 Å². The first-order chi connectivity index (χ1) is 13.9. The Morgan fingerprint density at radius 3 is 2.33 bits per heavy atom. The molecule has 0 bridgehead atoms. The lowest BCUT2D eigenvalue weighted by Crippen LogP contribution is -2.47. The molecular weight excluding hydrogens is 425 g/mol. The van der Waals surface area contributed by atoms with Gasteiger partial charge in [0.1, 0.15) is 5.69 Å². The van der Waals surface area contributed by atoms with Crippen molar-refractivity contribution in [3.63, 3.8) is 0 Å². The quantitative estimate of drug-likeness (QED) is 0.758. The van der Waals surface area contributed by atoms with Crippen LogP contribution in [0, 0.1) is 0 Å². The first-order valence-corrected chi connectivity index (χ1v) is 10.6. The third-order valence-electron chi connectivity index (χ3n) is 5.06. The summed E-state index contributed by atoms with van der Waals surface area (Å²) in [4.78, 5) is 25.5. The highest BCUT2D eigenvalue weighted by atomic mass is 32.2. The summed E-state index contributed by atoms with van der Waals surface area (Å²) in [6.07, 6.45) is -2.50. The number of hydrogen-bond donors (Lipinski definition) is 1. The van der Waals surface area contributed by atoms with Crippen LogP contribution in [-0.2, 0) is 30.3 Å². The summed E-state index contributed by atoms with van der Waals surface area (Å²) in [6, 6.07) is 3.09. The van der Waals surface area contributed by atoms with Crippen LogP contribution in [0.3, 0.4) is 0 Å². The standard InChI is InChI=1S/C18H21F3N4O4S/c1-23-11-15(16(26)24(2)17(23)27)25-8-6-13(7-9-25)22-30(28,29)14-5-3-4-12(10-14)18(19,20)21/h3-5,10-11,13,22H,6-9H2,1-2H3. The topological polar surface area (TPSA) is 93.4 Å². The average molecular weight is 446 g/mol. The Morgan fingerprint density at radius 1 is 1.10 bits per heavy atom. The Bertz CT molecular complexity index is 1160. The molecule has 2 heterocycles. The normalized spacial score (nSPS) is 16.1. The summed E-state index contributed by atoms with van der Waals surface area (Å²) in [7, 11) is -1.22. The van der Waals surface area contributed by atoms with Crippen LogP contribution in [0.4, 0.5) is 18.9 Å². The first-order valence-electron chi connectivity index (χ1n) is 9.11. The minimum Gasteiger partial charge on any atom is -0.366 e. The van der Waals surface area contributed by atoms with E-state index in [0.29, 0.717) is 37.7 Å². The van der Waals surface area contributed by atoms with Crippen LogP contribution >= 0.6 is 0 Å². The molecule has 0 aliphatic carbocycles. The number of aryl methyl sites for hydroxylation is 1. The van der Waals surface area contributed by atoms with Gasteiger partial charge in [0.25, 0.3) is 5.56 Å². The molecule has 3 rings (SSSR count). The van der Waals surface area contributed by atoms with E-state index in [-0.39, 0.29) is 0 Å². The Morgan fingerprint density at radius 2 is 1.73 bits per heavy atom. The molecule has 0 unspecified atom stereocenters. The zero-order valence-corrected chi connectivity index (χ0v) is 17.1. The molecule has 0 radical (unpaired) electrons. The Balaban J connectivity index is 1.72. The summed E-state index contributed by atoms with van der Waals surface area (Å²) in [6.45, 7) is 0.701. The SMILES string of the molecule is Cn1cc(N2CCC(NS(=O)(=O)c3cccc(C(F)(F)F)c3)CC2)c(=O)n(C)c1=O. The van der Waals surface area contributed by atoms with Gasteiger partial charge in [0.05, 0.1) is 10.5 Å². The number of hydrogen-bond acceptors (Lipinski definition) is 5. The third-order valence-corrected chi connectivity index (χ3v) is 6.58. The van der Waals surface area contributed by atoms with Gasteiger partial charge in [-0.15, -0.1) is 0 Å². The number of aromatic nitrogens is 2. The number of anilines is 1. The summed E-state index contributed by atoms with van der Waals surface area (Å²) in [5.41, 5.74) is -1.60. The molecule has 1 aromatic carbocycles. The van der Waals surface area contributed by atoms with E-state index >= 15 is 0 Å². The molecule has 12 heteroatoms. The second-order valence-electron chi connectivity index (χ2n) is 7.18. The van der Waals surface area contributed by atoms with Gasteiger partial charge in [-0.3, -0.25) is 9.36 Å². The molecule has 0 atom stereocenters. The van der Waals surface area contributed by atoms with Crippen LogP contribution in [0.25, 0.3) is 0 Å². The van der Waals surface area contributed by atoms with Crippen LogP contribution in [0.2, 0.25) is 0 Å². The lowest BCUT2D eigenvalue weighted by Gasteiger charge is -2.33. The predicted octanol–water partition coefficient (Wildman–Crippen LogP) is 1.05. The fourth-order valence-corrected chi connectivity index (χ4v) is 4.72. The van der Waals surface area contributed by atoms with E-state index in [1.54, 1.807) is 4.90 Å². The summed E-state index contributed by atoms with van der Waals surface area (Å²) < 4.78 is 68.4. The monoisotopic (exact) mass is 446 g/mol. The van der Waals surface area contributed by atoms with Crippen LogP contribution in [-0.4, -0.2) is 36.7 Å². The van der Waals surface area contributed by atoms with Crippen molar-refractivity contribution >= 4 is 15.7 Å². The number of piperidine rings is 1. The van der Waals surface area contributed by atoms with Crippen LogP contribution in [0.15, 0.2) is 44.9 Å². The highest BCUT2D eigenvalue weighted by molar-refractivity contribution is 7.89. The molecule has 1 fully saturated rings. The van der Waals surface area contributed by atoms with Gasteiger partial charge in [-0.25, -0.2) is 17.9 Å². The number of rotatable bonds is 4. The Labute approximate surface area is 170 Å². The fraction of sp³-hybridized carbons (Fsp3) is 0.444. The summed E-state index contributed by atoms with van der Waals surface area (Å²) in [5.74, 6) is 0. The molecule has 2 aromatic rings. The smallest absolute Gasteiger partial charge is 0.366 e. The van der Waals surface area contributed by atoms with E-state index in [9.17, 15) is 31.2 Å². The number of nitrogens with zero attached hydrogens (tertiary/aromatic N) is 3. The molecule has 0 saturated carbocycles. The molecule has 1 saturated heterocycles. The van der Waals surface area contributed by atoms with E-state index in [0.717, 1.165) is 22.8 Å². The molecule has 1 N–H and O–H groups in total. The molecule has 8 nitrogen and oxygen atoms in total. The summed E-state index contributed by atoms with van der Waals surface area (Å²) >= 11 is 0. The van der Waals surface area contributed by atoms with Gasteiger partial charge in [-0.05, 0) is 31.0 Å². The fourth-order valence-electron chi connectivity index (χ4n) is 3.37. The van der Waals surface area contributed by atoms with E-state index in [4.69, 9.17) is 0 Å². The molecule has 164 valence electrons. The van der Waals surface area contributed by atoms with Crippen molar-refractivity contribution in [1.29, 1.82) is 0 Å². The maximum atomic E-state index is 12.9. The lowest BCUT2D eigenvalue weighted by atomic mass is 10.1. The van der Waals surface area contributed by atoms with Crippen LogP contribution < -0.4 is 20.9 Å². The molecule has 1 aliphatic rings. The van der Waals surface area contributed by atoms with Crippen LogP contribution in [0.5, 0.6) is 0 Å². The molecule has 1 aromatic heterocycles. The van der Waals surface area contributed by atoms with Crippen molar-refractivity contribution in [3.05, 3.63) is 56.9 Å². The predicted molar refractivity (Wildman–Crippen MR) is 104 cm³/mol. The van der Waals surface area contributed by atoms with Crippen molar-refractivity contribution in [2.24, 2.45) is 14.1 Å². The average Bonchev–Trinajstić information content (AvgIpc) is 2.69. The van der Waals surface area contributed by atoms with Gasteiger partial charge in [-0.1, -0.05) is 6.07 Å². The first kappa shape index (κ1) is 22.1. The minimum absolute atomic E-state index is 0.332. The number of sulfonamides is 1. The Hall–Kier alpha value is -2.60. The van der Waals surface area contributed by atoms with Gasteiger partial charge in [0.2, 0.25) is 10.0 Å². The zero-order valence-electron chi connectivity index (χ0n) is 16.3. The van der Waals surface area contributed by atoms with Gasteiger partial charge in [0, 0.05) is 39.4 Å². The van der Waals surface area contributed by atoms with Crippen molar-refractivity contribution in [2.45, 2.75) is 30.0 Å². The minimum atomic E-state index is -4.64. The van der Waals surface area contributed by atoms with Gasteiger partial charge in [0.15, 0.2) is 0 Å². The molecule has 1 aliphatic heterocycles. The number of benzene rings is 1. The van der Waals surface area contributed by atoms with Gasteiger partial charge >= 0.3 is 11.9 Å². The van der Waals surface area contributed by atoms with Crippen LogP contribution in [0.1, 0.15) is 18.4 Å². The third kappa shape index (κ3) is 4.43. The highest BCUT2D eigenvalue weighted by Gasteiger charge is 2.32. The molecule has 0 spiro atoms. The number of alkyl halides is 3. The van der Waals surface area contributed by atoms with E-state index in [2.05, 4.69) is 4.72 Å². The van der Waals surface area contributed by atoms with Crippen molar-refractivity contribution in [1.82, 2.24) is 13.9 Å². The Kier molecular flexibility index (Phi) is 5.83. The van der Waals surface area contributed by atoms with E-state index < -0.39 is 43.9 Å². The van der Waals surface area contributed by atoms with Crippen molar-refractivity contribution in [3.8, 4) is 0 Å². The van der Waals surface area contributed by atoms with Crippen molar-refractivity contribution < 1.29 is 21.6 Å². The van der Waals surface area contributed by atoms with Crippen molar-refractivity contribution in [2.75, 3.05) is 18.0 Å². The number of halogens is 3. The van der Waals surface area contributed by atoms with Gasteiger partial charge in [-0.2, -0.15) is 13.2 Å². The molecule has 0 amide bonds. The maximum absolute atomic E-state index is 12.9. The highest BCUT2D eigenvalue weighted by Crippen LogP contribution is 2.30. The molecular formula is C18H21F3N4O4S. The largest absolute Gasteiger partial charge is 0.416 e. The second-order valence-corrected chi connectivity index (χ2v) is 8.89.